The van der Waals surface area contributed by atoms with Gasteiger partial charge in [0.15, 0.2) is 0 Å². The third-order valence-electron chi connectivity index (χ3n) is 2.38. The highest BCUT2D eigenvalue weighted by Crippen LogP contribution is 2.21. The van der Waals surface area contributed by atoms with Gasteiger partial charge in [0.25, 0.3) is 0 Å². The summed E-state index contributed by atoms with van der Waals surface area (Å²) in [5.74, 6) is -0.601. The molecule has 0 aromatic carbocycles. The maximum Gasteiger partial charge on any atom is 0.326 e. The van der Waals surface area contributed by atoms with Crippen molar-refractivity contribution in [3.05, 3.63) is 24.5 Å². The molecular formula is C10H15NO2. The van der Waals surface area contributed by atoms with E-state index in [-0.39, 0.29) is 5.92 Å². The molecule has 2 unspecified atom stereocenters. The first kappa shape index (κ1) is 9.84. The zero-order valence-corrected chi connectivity index (χ0v) is 7.97. The van der Waals surface area contributed by atoms with E-state index >= 15 is 0 Å². The minimum atomic E-state index is -0.759. The lowest BCUT2D eigenvalue weighted by molar-refractivity contribution is -0.142. The number of nitrogens with zero attached hydrogens (tertiary/aromatic N) is 1. The summed E-state index contributed by atoms with van der Waals surface area (Å²) in [5, 5.41) is 9.03. The first-order chi connectivity index (χ1) is 6.16. The molecule has 2 atom stereocenters. The van der Waals surface area contributed by atoms with Crippen LogP contribution < -0.4 is 0 Å². The Kier molecular flexibility index (Phi) is 3.12. The van der Waals surface area contributed by atoms with E-state index < -0.39 is 12.0 Å². The SMILES string of the molecule is CCC(C)C(C(=O)O)n1ccc[13cH]1. The molecule has 3 heteroatoms. The quantitative estimate of drug-likeness (QED) is 0.775. The highest BCUT2D eigenvalue weighted by Gasteiger charge is 2.23. The molecule has 72 valence electrons. The van der Waals surface area contributed by atoms with Crippen LogP contribution in [-0.2, 0) is 4.79 Å². The van der Waals surface area contributed by atoms with Gasteiger partial charge in [-0.3, -0.25) is 0 Å². The van der Waals surface area contributed by atoms with Crippen LogP contribution >= 0.6 is 0 Å². The van der Waals surface area contributed by atoms with Gasteiger partial charge in [0.1, 0.15) is 6.04 Å². The topological polar surface area (TPSA) is 42.2 Å². The molecule has 0 radical (unpaired) electrons. The Bertz CT molecular complexity index is 266. The van der Waals surface area contributed by atoms with Crippen LogP contribution in [0.5, 0.6) is 0 Å². The van der Waals surface area contributed by atoms with E-state index in [9.17, 15) is 4.79 Å². The molecule has 1 aromatic heterocycles. The average Bonchev–Trinajstić information content (AvgIpc) is 2.56. The van der Waals surface area contributed by atoms with Gasteiger partial charge < -0.3 is 9.67 Å². The van der Waals surface area contributed by atoms with Gasteiger partial charge in [-0.05, 0) is 18.1 Å². The number of aliphatic carboxylic acids is 1. The van der Waals surface area contributed by atoms with Crippen LogP contribution in [0.2, 0.25) is 0 Å². The molecule has 3 nitrogen and oxygen atoms in total. The van der Waals surface area contributed by atoms with Crippen LogP contribution in [0.3, 0.4) is 0 Å². The van der Waals surface area contributed by atoms with Gasteiger partial charge in [-0.25, -0.2) is 4.79 Å². The van der Waals surface area contributed by atoms with Crippen molar-refractivity contribution in [3.8, 4) is 0 Å². The van der Waals surface area contributed by atoms with E-state index in [1.807, 2.05) is 26.0 Å². The Morgan fingerprint density at radius 2 is 2.00 bits per heavy atom. The maximum atomic E-state index is 11.0. The summed E-state index contributed by atoms with van der Waals surface area (Å²) in [6, 6.07) is 3.26. The van der Waals surface area contributed by atoms with E-state index in [1.165, 1.54) is 0 Å². The van der Waals surface area contributed by atoms with E-state index in [0.717, 1.165) is 6.42 Å². The summed E-state index contributed by atoms with van der Waals surface area (Å²) >= 11 is 0. The van der Waals surface area contributed by atoms with Gasteiger partial charge in [-0.2, -0.15) is 0 Å². The minimum absolute atomic E-state index is 0.157. The molecule has 13 heavy (non-hydrogen) atoms. The number of hydrogen-bond donors (Lipinski definition) is 1. The lowest BCUT2D eigenvalue weighted by atomic mass is 9.99. The lowest BCUT2D eigenvalue weighted by Gasteiger charge is -2.20. The van der Waals surface area contributed by atoms with E-state index in [4.69, 9.17) is 5.11 Å². The number of carboxylic acid groups (broad SMARTS) is 1. The predicted molar refractivity (Wildman–Crippen MR) is 50.6 cm³/mol. The molecule has 0 saturated carbocycles. The number of carboxylic acids is 1. The van der Waals surface area contributed by atoms with Gasteiger partial charge in [-0.1, -0.05) is 20.3 Å². The van der Waals surface area contributed by atoms with Crippen molar-refractivity contribution in [2.45, 2.75) is 26.3 Å². The summed E-state index contributed by atoms with van der Waals surface area (Å²) < 4.78 is 1.75. The molecule has 0 spiro atoms. The van der Waals surface area contributed by atoms with Crippen molar-refractivity contribution < 1.29 is 9.90 Å². The number of aromatic nitrogens is 1. The second kappa shape index (κ2) is 4.12. The average molecular weight is 182 g/mol. The van der Waals surface area contributed by atoms with Gasteiger partial charge >= 0.3 is 5.97 Å². The first-order valence-corrected chi connectivity index (χ1v) is 4.52. The third-order valence-corrected chi connectivity index (χ3v) is 2.38. The van der Waals surface area contributed by atoms with Crippen LogP contribution in [0.15, 0.2) is 24.5 Å². The fourth-order valence-corrected chi connectivity index (χ4v) is 1.42. The molecule has 0 aliphatic carbocycles. The predicted octanol–water partition coefficient (Wildman–Crippen LogP) is 2.16. The lowest BCUT2D eigenvalue weighted by Crippen LogP contribution is -2.24. The van der Waals surface area contributed by atoms with E-state index in [2.05, 4.69) is 0 Å². The molecule has 0 saturated heterocycles. The van der Waals surface area contributed by atoms with Crippen molar-refractivity contribution in [2.75, 3.05) is 0 Å². The zero-order valence-electron chi connectivity index (χ0n) is 7.97. The Morgan fingerprint density at radius 3 is 2.38 bits per heavy atom. The number of carbonyl (C=O) groups is 1. The van der Waals surface area contributed by atoms with Crippen LogP contribution in [0.25, 0.3) is 0 Å². The molecule has 1 aromatic rings. The molecule has 0 aliphatic heterocycles. The molecule has 0 fully saturated rings. The number of hydrogen-bond acceptors (Lipinski definition) is 1. The van der Waals surface area contributed by atoms with Crippen LogP contribution in [0.1, 0.15) is 26.3 Å². The van der Waals surface area contributed by atoms with Gasteiger partial charge in [-0.15, -0.1) is 0 Å². The molecule has 1 heterocycles. The molecule has 0 amide bonds. The van der Waals surface area contributed by atoms with Crippen LogP contribution in [0, 0.1) is 5.92 Å². The highest BCUT2D eigenvalue weighted by atomic mass is 16.4. The zero-order chi connectivity index (χ0) is 9.84. The van der Waals surface area contributed by atoms with Crippen molar-refractivity contribution >= 4 is 5.97 Å². The van der Waals surface area contributed by atoms with E-state index in [0.29, 0.717) is 0 Å². The standard InChI is InChI=1S/C10H15NO2/c1-3-8(2)9(10(12)13)11-6-4-5-7-11/h4-9H,3H2,1-2H3,(H,12,13)/i6+1. The fraction of sp³-hybridized carbons (Fsp3) is 0.500. The largest absolute Gasteiger partial charge is 0.480 e. The smallest absolute Gasteiger partial charge is 0.326 e. The summed E-state index contributed by atoms with van der Waals surface area (Å²) in [5.41, 5.74) is 0. The van der Waals surface area contributed by atoms with Gasteiger partial charge in [0.05, 0.1) is 0 Å². The summed E-state index contributed by atoms with van der Waals surface area (Å²) in [6.07, 6.45) is 4.46. The second-order valence-corrected chi connectivity index (χ2v) is 3.30. The Morgan fingerprint density at radius 1 is 1.46 bits per heavy atom. The summed E-state index contributed by atoms with van der Waals surface area (Å²) in [4.78, 5) is 11.0. The van der Waals surface area contributed by atoms with Crippen LogP contribution in [-0.4, -0.2) is 15.6 Å². The Hall–Kier alpha value is -1.25. The second-order valence-electron chi connectivity index (χ2n) is 3.30. The molecular weight excluding hydrogens is 167 g/mol. The van der Waals surface area contributed by atoms with Crippen molar-refractivity contribution in [2.24, 2.45) is 5.92 Å². The van der Waals surface area contributed by atoms with Crippen molar-refractivity contribution in [1.82, 2.24) is 4.57 Å². The van der Waals surface area contributed by atoms with Crippen molar-refractivity contribution in [3.63, 3.8) is 0 Å². The van der Waals surface area contributed by atoms with Gasteiger partial charge in [0.2, 0.25) is 0 Å². The van der Waals surface area contributed by atoms with Crippen LogP contribution in [0.4, 0.5) is 0 Å². The van der Waals surface area contributed by atoms with Gasteiger partial charge in [0, 0.05) is 12.4 Å². The molecule has 1 rings (SSSR count). The molecule has 0 aliphatic rings. The fourth-order valence-electron chi connectivity index (χ4n) is 1.42. The molecule has 1 N–H and O–H groups in total. The Labute approximate surface area is 78.0 Å². The third kappa shape index (κ3) is 2.11. The summed E-state index contributed by atoms with van der Waals surface area (Å²) in [7, 11) is 0. The molecule has 0 bridgehead atoms. The maximum absolute atomic E-state index is 11.0. The normalized spacial score (nSPS) is 15.2. The van der Waals surface area contributed by atoms with Crippen molar-refractivity contribution in [1.29, 1.82) is 0 Å². The van der Waals surface area contributed by atoms with E-state index in [1.54, 1.807) is 17.0 Å². The monoisotopic (exact) mass is 182 g/mol. The highest BCUT2D eigenvalue weighted by molar-refractivity contribution is 5.72. The number of rotatable bonds is 4. The Balaban J connectivity index is 2.87. The summed E-state index contributed by atoms with van der Waals surface area (Å²) in [6.45, 7) is 3.96. The minimum Gasteiger partial charge on any atom is -0.480 e. The first-order valence-electron chi connectivity index (χ1n) is 4.52.